The van der Waals surface area contributed by atoms with Crippen LogP contribution in [0.25, 0.3) is 0 Å². The van der Waals surface area contributed by atoms with Crippen LogP contribution in [0.2, 0.25) is 0 Å². The summed E-state index contributed by atoms with van der Waals surface area (Å²) >= 11 is 0. The third kappa shape index (κ3) is 3.73. The topological polar surface area (TPSA) is 44.4 Å². The van der Waals surface area contributed by atoms with Gasteiger partial charge in [0.25, 0.3) is 0 Å². The Balaban J connectivity index is 1.95. The van der Waals surface area contributed by atoms with Crippen LogP contribution in [-0.2, 0) is 4.79 Å². The van der Waals surface area contributed by atoms with Gasteiger partial charge in [-0.25, -0.2) is 0 Å². The molecule has 1 amide bonds. The van der Waals surface area contributed by atoms with E-state index >= 15 is 0 Å². The van der Waals surface area contributed by atoms with E-state index in [4.69, 9.17) is 0 Å². The minimum atomic E-state index is 0.114. The van der Waals surface area contributed by atoms with E-state index in [1.165, 1.54) is 5.69 Å². The van der Waals surface area contributed by atoms with Gasteiger partial charge in [-0.2, -0.15) is 0 Å². The summed E-state index contributed by atoms with van der Waals surface area (Å²) in [5, 5.41) is 6.35. The molecule has 1 aliphatic heterocycles. The van der Waals surface area contributed by atoms with E-state index in [9.17, 15) is 4.79 Å². The predicted molar refractivity (Wildman–Crippen MR) is 84.2 cm³/mol. The Morgan fingerprint density at radius 3 is 2.35 bits per heavy atom. The van der Waals surface area contributed by atoms with Crippen molar-refractivity contribution in [2.45, 2.75) is 26.7 Å². The molecule has 0 aliphatic carbocycles. The molecule has 0 saturated carbocycles. The maximum atomic E-state index is 12.0. The van der Waals surface area contributed by atoms with Gasteiger partial charge in [-0.15, -0.1) is 0 Å². The highest BCUT2D eigenvalue weighted by molar-refractivity contribution is 5.92. The normalized spacial score (nSPS) is 15.4. The molecule has 0 atom stereocenters. The lowest BCUT2D eigenvalue weighted by Gasteiger charge is -2.29. The van der Waals surface area contributed by atoms with Crippen molar-refractivity contribution in [2.24, 2.45) is 5.92 Å². The van der Waals surface area contributed by atoms with E-state index in [-0.39, 0.29) is 11.8 Å². The molecule has 2 N–H and O–H groups in total. The fourth-order valence-corrected chi connectivity index (χ4v) is 2.58. The van der Waals surface area contributed by atoms with Crippen LogP contribution in [0.15, 0.2) is 24.3 Å². The minimum Gasteiger partial charge on any atom is -0.369 e. The summed E-state index contributed by atoms with van der Waals surface area (Å²) in [5.41, 5.74) is 2.12. The number of hydrogen-bond donors (Lipinski definition) is 2. The number of carbonyl (C=O) groups excluding carboxylic acids is 1. The Morgan fingerprint density at radius 2 is 1.80 bits per heavy atom. The van der Waals surface area contributed by atoms with Crippen LogP contribution in [-0.4, -0.2) is 32.1 Å². The molecular weight excluding hydrogens is 250 g/mol. The molecule has 1 aliphatic rings. The number of anilines is 2. The highest BCUT2D eigenvalue weighted by atomic mass is 16.1. The molecule has 0 spiro atoms. The zero-order chi connectivity index (χ0) is 14.4. The molecule has 2 rings (SSSR count). The summed E-state index contributed by atoms with van der Waals surface area (Å²) in [6.07, 6.45) is 1.78. The summed E-state index contributed by atoms with van der Waals surface area (Å²) in [6.45, 7) is 8.27. The van der Waals surface area contributed by atoms with Crippen LogP contribution in [0, 0.1) is 5.92 Å². The Bertz CT molecular complexity index is 420. The number of piperazine rings is 1. The molecule has 1 fully saturated rings. The van der Waals surface area contributed by atoms with Gasteiger partial charge in [0, 0.05) is 43.5 Å². The standard InChI is InChI=1S/C16H25N3O/c1-3-13(4-2)16(20)18-14-5-7-15(8-6-14)19-11-9-17-10-12-19/h5-8,13,17H,3-4,9-12H2,1-2H3,(H,18,20). The van der Waals surface area contributed by atoms with Gasteiger partial charge in [0.2, 0.25) is 5.91 Å². The number of rotatable bonds is 5. The highest BCUT2D eigenvalue weighted by Gasteiger charge is 2.14. The van der Waals surface area contributed by atoms with Gasteiger partial charge in [-0.05, 0) is 37.1 Å². The van der Waals surface area contributed by atoms with Crippen LogP contribution in [0.1, 0.15) is 26.7 Å². The monoisotopic (exact) mass is 275 g/mol. The quantitative estimate of drug-likeness (QED) is 0.867. The zero-order valence-corrected chi connectivity index (χ0v) is 12.5. The van der Waals surface area contributed by atoms with E-state index in [0.29, 0.717) is 0 Å². The molecule has 4 nitrogen and oxygen atoms in total. The molecule has 1 aromatic carbocycles. The van der Waals surface area contributed by atoms with Gasteiger partial charge < -0.3 is 15.5 Å². The van der Waals surface area contributed by atoms with E-state index in [1.54, 1.807) is 0 Å². The minimum absolute atomic E-state index is 0.114. The lowest BCUT2D eigenvalue weighted by molar-refractivity contribution is -0.120. The predicted octanol–water partition coefficient (Wildman–Crippen LogP) is 2.47. The van der Waals surface area contributed by atoms with Gasteiger partial charge in [0.15, 0.2) is 0 Å². The summed E-state index contributed by atoms with van der Waals surface area (Å²) < 4.78 is 0. The highest BCUT2D eigenvalue weighted by Crippen LogP contribution is 2.19. The second-order valence-corrected chi connectivity index (χ2v) is 5.29. The smallest absolute Gasteiger partial charge is 0.227 e. The van der Waals surface area contributed by atoms with Crippen molar-refractivity contribution in [3.63, 3.8) is 0 Å². The van der Waals surface area contributed by atoms with Crippen molar-refractivity contribution in [3.8, 4) is 0 Å². The Morgan fingerprint density at radius 1 is 1.20 bits per heavy atom. The number of amides is 1. The largest absolute Gasteiger partial charge is 0.369 e. The Hall–Kier alpha value is -1.55. The van der Waals surface area contributed by atoms with Gasteiger partial charge >= 0.3 is 0 Å². The molecule has 20 heavy (non-hydrogen) atoms. The third-order valence-corrected chi connectivity index (χ3v) is 3.97. The second kappa shape index (κ2) is 7.29. The van der Waals surface area contributed by atoms with Crippen molar-refractivity contribution in [1.29, 1.82) is 0 Å². The van der Waals surface area contributed by atoms with E-state index in [0.717, 1.165) is 44.7 Å². The number of benzene rings is 1. The Labute approximate surface area is 121 Å². The van der Waals surface area contributed by atoms with Crippen molar-refractivity contribution >= 4 is 17.3 Å². The van der Waals surface area contributed by atoms with Gasteiger partial charge in [-0.1, -0.05) is 13.8 Å². The van der Waals surface area contributed by atoms with Crippen molar-refractivity contribution in [3.05, 3.63) is 24.3 Å². The molecule has 0 radical (unpaired) electrons. The molecule has 0 bridgehead atoms. The maximum Gasteiger partial charge on any atom is 0.227 e. The maximum absolute atomic E-state index is 12.0. The van der Waals surface area contributed by atoms with Gasteiger partial charge in [0.1, 0.15) is 0 Å². The first kappa shape index (κ1) is 14.9. The SMILES string of the molecule is CCC(CC)C(=O)Nc1ccc(N2CCNCC2)cc1. The van der Waals surface area contributed by atoms with Gasteiger partial charge in [0.05, 0.1) is 0 Å². The summed E-state index contributed by atoms with van der Waals surface area (Å²) in [5.74, 6) is 0.243. The van der Waals surface area contributed by atoms with Crippen molar-refractivity contribution in [2.75, 3.05) is 36.4 Å². The van der Waals surface area contributed by atoms with Gasteiger partial charge in [-0.3, -0.25) is 4.79 Å². The van der Waals surface area contributed by atoms with Crippen LogP contribution in [0.3, 0.4) is 0 Å². The van der Waals surface area contributed by atoms with E-state index in [1.807, 2.05) is 12.1 Å². The van der Waals surface area contributed by atoms with Crippen LogP contribution in [0.5, 0.6) is 0 Å². The molecule has 1 saturated heterocycles. The van der Waals surface area contributed by atoms with Crippen LogP contribution < -0.4 is 15.5 Å². The fourth-order valence-electron chi connectivity index (χ4n) is 2.58. The van der Waals surface area contributed by atoms with E-state index < -0.39 is 0 Å². The molecule has 0 aromatic heterocycles. The van der Waals surface area contributed by atoms with E-state index in [2.05, 4.69) is 41.5 Å². The molecule has 110 valence electrons. The molecule has 4 heteroatoms. The fraction of sp³-hybridized carbons (Fsp3) is 0.562. The average Bonchev–Trinajstić information content (AvgIpc) is 2.50. The molecular formula is C16H25N3O. The first-order valence-electron chi connectivity index (χ1n) is 7.61. The number of nitrogens with one attached hydrogen (secondary N) is 2. The first-order valence-corrected chi connectivity index (χ1v) is 7.61. The summed E-state index contributed by atoms with van der Waals surface area (Å²) in [6, 6.07) is 8.18. The Kier molecular flexibility index (Phi) is 5.41. The summed E-state index contributed by atoms with van der Waals surface area (Å²) in [7, 11) is 0. The average molecular weight is 275 g/mol. The number of nitrogens with zero attached hydrogens (tertiary/aromatic N) is 1. The lowest BCUT2D eigenvalue weighted by atomic mass is 10.0. The number of hydrogen-bond acceptors (Lipinski definition) is 3. The lowest BCUT2D eigenvalue weighted by Crippen LogP contribution is -2.43. The van der Waals surface area contributed by atoms with Crippen LogP contribution in [0.4, 0.5) is 11.4 Å². The molecule has 0 unspecified atom stereocenters. The second-order valence-electron chi connectivity index (χ2n) is 5.29. The molecule has 1 aromatic rings. The molecule has 1 heterocycles. The van der Waals surface area contributed by atoms with Crippen molar-refractivity contribution in [1.82, 2.24) is 5.32 Å². The van der Waals surface area contributed by atoms with Crippen molar-refractivity contribution < 1.29 is 4.79 Å². The third-order valence-electron chi connectivity index (χ3n) is 3.97. The van der Waals surface area contributed by atoms with Crippen LogP contribution >= 0.6 is 0 Å². The zero-order valence-electron chi connectivity index (χ0n) is 12.5. The number of carbonyl (C=O) groups is 1. The summed E-state index contributed by atoms with van der Waals surface area (Å²) in [4.78, 5) is 14.4. The first-order chi connectivity index (χ1) is 9.74.